The predicted octanol–water partition coefficient (Wildman–Crippen LogP) is 3.11. The first-order chi connectivity index (χ1) is 20.7. The number of hydrogen-bond acceptors (Lipinski definition) is 11. The van der Waals surface area contributed by atoms with Crippen molar-refractivity contribution in [3.8, 4) is 11.5 Å². The van der Waals surface area contributed by atoms with Gasteiger partial charge in [-0.3, -0.25) is 15.5 Å². The zero-order valence-electron chi connectivity index (χ0n) is 24.3. The van der Waals surface area contributed by atoms with Gasteiger partial charge < -0.3 is 34.9 Å². The number of esters is 1. The van der Waals surface area contributed by atoms with Crippen molar-refractivity contribution in [1.82, 2.24) is 16.1 Å². The number of hydrogen-bond donors (Lipinski definition) is 4. The molecule has 43 heavy (non-hydrogen) atoms. The number of allylic oxidation sites excluding steroid dienone is 1. The summed E-state index contributed by atoms with van der Waals surface area (Å²) in [6.07, 6.45) is 3.46. The third-order valence-corrected chi connectivity index (χ3v) is 7.02. The predicted molar refractivity (Wildman–Crippen MR) is 158 cm³/mol. The maximum Gasteiger partial charge on any atom is 0.337 e. The highest BCUT2D eigenvalue weighted by atomic mass is 16.6. The molecule has 2 heterocycles. The second kappa shape index (κ2) is 14.4. The van der Waals surface area contributed by atoms with E-state index in [-0.39, 0.29) is 17.9 Å². The molecule has 0 spiro atoms. The Kier molecular flexibility index (Phi) is 10.4. The summed E-state index contributed by atoms with van der Waals surface area (Å²) in [5, 5.41) is 31.2. The van der Waals surface area contributed by atoms with E-state index in [2.05, 4.69) is 26.1 Å². The zero-order valence-corrected chi connectivity index (χ0v) is 24.3. The number of nitrogens with zero attached hydrogens (tertiary/aromatic N) is 3. The molecule has 0 bridgehead atoms. The fourth-order valence-corrected chi connectivity index (χ4v) is 5.00. The van der Waals surface area contributed by atoms with Gasteiger partial charge in [0.1, 0.15) is 6.61 Å². The van der Waals surface area contributed by atoms with Crippen LogP contribution in [0.3, 0.4) is 0 Å². The summed E-state index contributed by atoms with van der Waals surface area (Å²) in [4.78, 5) is 37.6. The first-order valence-electron chi connectivity index (χ1n) is 14.0. The van der Waals surface area contributed by atoms with E-state index in [0.717, 1.165) is 38.0 Å². The summed E-state index contributed by atoms with van der Waals surface area (Å²) < 4.78 is 16.4. The van der Waals surface area contributed by atoms with Crippen LogP contribution in [0.5, 0.6) is 11.5 Å². The molecule has 4 N–H and O–H groups in total. The molecule has 2 aromatic rings. The maximum absolute atomic E-state index is 12.4. The third-order valence-electron chi connectivity index (χ3n) is 7.02. The molecule has 0 saturated carbocycles. The molecule has 0 aromatic heterocycles. The van der Waals surface area contributed by atoms with Crippen molar-refractivity contribution in [2.24, 2.45) is 5.10 Å². The van der Waals surface area contributed by atoms with E-state index >= 15 is 0 Å². The van der Waals surface area contributed by atoms with E-state index < -0.39 is 29.2 Å². The molecule has 4 rings (SSSR count). The van der Waals surface area contributed by atoms with Gasteiger partial charge in [-0.1, -0.05) is 6.07 Å². The monoisotopic (exact) mass is 596 g/mol. The summed E-state index contributed by atoms with van der Waals surface area (Å²) in [6, 6.07) is 8.36. The number of carbonyl (C=O) groups is 2. The number of nitro benzene ring substituents is 1. The van der Waals surface area contributed by atoms with Crippen LogP contribution >= 0.6 is 0 Å². The number of amides is 2. The Bertz CT molecular complexity index is 1410. The second-order valence-corrected chi connectivity index (χ2v) is 9.96. The first-order valence-corrected chi connectivity index (χ1v) is 14.0. The van der Waals surface area contributed by atoms with Gasteiger partial charge in [-0.05, 0) is 56.9 Å². The van der Waals surface area contributed by atoms with E-state index in [1.165, 1.54) is 25.5 Å². The quantitative estimate of drug-likeness (QED) is 0.0936. The average molecular weight is 597 g/mol. The number of ether oxygens (including phenoxy) is 3. The number of anilines is 1. The Morgan fingerprint density at radius 2 is 1.98 bits per heavy atom. The number of aliphatic hydroxyl groups excluding tert-OH is 1. The fourth-order valence-electron chi connectivity index (χ4n) is 5.00. The van der Waals surface area contributed by atoms with Crippen LogP contribution in [0.1, 0.15) is 50.3 Å². The van der Waals surface area contributed by atoms with Crippen molar-refractivity contribution < 1.29 is 33.8 Å². The third kappa shape index (κ3) is 7.71. The Balaban J connectivity index is 1.45. The summed E-state index contributed by atoms with van der Waals surface area (Å²) >= 11 is 0. The van der Waals surface area contributed by atoms with Gasteiger partial charge in [0.05, 0.1) is 36.5 Å². The van der Waals surface area contributed by atoms with E-state index in [1.54, 1.807) is 38.1 Å². The second-order valence-electron chi connectivity index (χ2n) is 9.96. The van der Waals surface area contributed by atoms with E-state index in [1.807, 2.05) is 0 Å². The molecule has 14 nitrogen and oxygen atoms in total. The van der Waals surface area contributed by atoms with Crippen molar-refractivity contribution >= 4 is 29.6 Å². The van der Waals surface area contributed by atoms with Gasteiger partial charge in [0, 0.05) is 42.2 Å². The number of carbonyl (C=O) groups excluding carboxylic acids is 2. The van der Waals surface area contributed by atoms with Crippen LogP contribution in [0.4, 0.5) is 16.2 Å². The van der Waals surface area contributed by atoms with Crippen LogP contribution in [0.15, 0.2) is 52.8 Å². The molecule has 0 unspecified atom stereocenters. The lowest BCUT2D eigenvalue weighted by Gasteiger charge is -2.29. The van der Waals surface area contributed by atoms with E-state index in [4.69, 9.17) is 14.2 Å². The lowest BCUT2D eigenvalue weighted by atomic mass is 9.95. The Labute approximate surface area is 248 Å². The van der Waals surface area contributed by atoms with Crippen LogP contribution in [-0.4, -0.2) is 67.9 Å². The SMILES string of the molecule is CCOc1cc([C@@H]2NC(=O)NC(C)=C2C(=O)OC)ccc1OC[C@H](O)N/N=C\c1cc([N+](=O)[O-])ccc1N1CCCCC1. The van der Waals surface area contributed by atoms with Gasteiger partial charge >= 0.3 is 12.0 Å². The molecular weight excluding hydrogens is 560 g/mol. The number of methoxy groups -OCH3 is 1. The number of benzene rings is 2. The minimum absolute atomic E-state index is 0.0496. The van der Waals surface area contributed by atoms with Gasteiger partial charge in [0.2, 0.25) is 0 Å². The largest absolute Gasteiger partial charge is 0.490 e. The molecule has 2 amide bonds. The Morgan fingerprint density at radius 1 is 1.21 bits per heavy atom. The minimum atomic E-state index is -1.22. The highest BCUT2D eigenvalue weighted by Crippen LogP contribution is 2.35. The first kappa shape index (κ1) is 31.1. The minimum Gasteiger partial charge on any atom is -0.490 e. The standard InChI is InChI=1S/C29H36N6O8/c1-4-42-24-15-19(27-26(28(37)41-3)18(2)31-29(38)32-27)8-11-23(24)43-17-25(36)33-30-16-20-14-21(35(39)40)9-10-22(20)34-12-6-5-7-13-34/h8-11,14-16,25,27,33,36H,4-7,12-13,17H2,1-3H3,(H2,31,32,38)/b30-16-/t25-,27-/m0/s1. The molecule has 230 valence electrons. The number of urea groups is 1. The number of piperidine rings is 1. The molecule has 0 aliphatic carbocycles. The molecular formula is C29H36N6O8. The summed E-state index contributed by atoms with van der Waals surface area (Å²) in [5.74, 6) is 0.0754. The van der Waals surface area contributed by atoms with Crippen molar-refractivity contribution in [3.05, 3.63) is 68.9 Å². The van der Waals surface area contributed by atoms with Crippen LogP contribution < -0.4 is 30.4 Å². The fraction of sp³-hybridized carbons (Fsp3) is 0.414. The number of hydrazone groups is 1. The summed E-state index contributed by atoms with van der Waals surface area (Å²) in [5.41, 5.74) is 5.14. The van der Waals surface area contributed by atoms with Crippen molar-refractivity contribution in [1.29, 1.82) is 0 Å². The lowest BCUT2D eigenvalue weighted by Crippen LogP contribution is -2.45. The summed E-state index contributed by atoms with van der Waals surface area (Å²) in [6.45, 7) is 5.22. The number of non-ortho nitro benzene ring substituents is 1. The van der Waals surface area contributed by atoms with E-state index in [9.17, 15) is 24.8 Å². The molecule has 1 saturated heterocycles. The number of rotatable bonds is 12. The van der Waals surface area contributed by atoms with Gasteiger partial charge in [0.25, 0.3) is 5.69 Å². The van der Waals surface area contributed by atoms with Crippen molar-refractivity contribution in [2.45, 2.75) is 45.4 Å². The number of aliphatic hydroxyl groups is 1. The molecule has 2 atom stereocenters. The van der Waals surface area contributed by atoms with Gasteiger partial charge in [-0.15, -0.1) is 0 Å². The molecule has 0 radical (unpaired) electrons. The van der Waals surface area contributed by atoms with Crippen LogP contribution in [0.2, 0.25) is 0 Å². The Hall–Kier alpha value is -4.85. The number of nitro groups is 1. The normalized spacial score (nSPS) is 17.6. The molecule has 2 aromatic carbocycles. The molecule has 14 heteroatoms. The van der Waals surface area contributed by atoms with Crippen molar-refractivity contribution in [3.63, 3.8) is 0 Å². The van der Waals surface area contributed by atoms with Gasteiger partial charge in [0.15, 0.2) is 17.7 Å². The van der Waals surface area contributed by atoms with Gasteiger partial charge in [-0.25, -0.2) is 9.59 Å². The maximum atomic E-state index is 12.4. The lowest BCUT2D eigenvalue weighted by molar-refractivity contribution is -0.384. The average Bonchev–Trinajstić information content (AvgIpc) is 3.00. The molecule has 1 fully saturated rings. The smallest absolute Gasteiger partial charge is 0.337 e. The zero-order chi connectivity index (χ0) is 30.9. The highest BCUT2D eigenvalue weighted by Gasteiger charge is 2.32. The topological polar surface area (TPSA) is 177 Å². The van der Waals surface area contributed by atoms with Crippen molar-refractivity contribution in [2.75, 3.05) is 38.3 Å². The molecule has 2 aliphatic rings. The highest BCUT2D eigenvalue weighted by molar-refractivity contribution is 5.95. The molecule has 2 aliphatic heterocycles. The van der Waals surface area contributed by atoms with Crippen LogP contribution in [0, 0.1) is 10.1 Å². The van der Waals surface area contributed by atoms with Crippen LogP contribution in [0.25, 0.3) is 0 Å². The van der Waals surface area contributed by atoms with Crippen LogP contribution in [-0.2, 0) is 9.53 Å². The summed E-state index contributed by atoms with van der Waals surface area (Å²) in [7, 11) is 1.26. The van der Waals surface area contributed by atoms with E-state index in [0.29, 0.717) is 34.9 Å². The number of nitrogens with one attached hydrogen (secondary N) is 3. The van der Waals surface area contributed by atoms with Gasteiger partial charge in [-0.2, -0.15) is 5.10 Å². The Morgan fingerprint density at radius 3 is 2.67 bits per heavy atom.